The fraction of sp³-hybridized carbons (Fsp3) is 0.520. The molecule has 5 heteroatoms. The number of ether oxygens (including phenoxy) is 1. The number of piperidine rings is 1. The van der Waals surface area contributed by atoms with Crippen LogP contribution in [0, 0.1) is 11.8 Å². The summed E-state index contributed by atoms with van der Waals surface area (Å²) in [6.45, 7) is 7.10. The van der Waals surface area contributed by atoms with Gasteiger partial charge in [0.15, 0.2) is 0 Å². The van der Waals surface area contributed by atoms with Crippen LogP contribution in [0.1, 0.15) is 56.8 Å². The minimum atomic E-state index is 0.0178. The molecule has 2 heterocycles. The summed E-state index contributed by atoms with van der Waals surface area (Å²) < 4.78 is 5.84. The number of amides is 1. The third-order valence-corrected chi connectivity index (χ3v) is 6.03. The molecule has 2 fully saturated rings. The van der Waals surface area contributed by atoms with Crippen molar-refractivity contribution in [3.8, 4) is 5.75 Å². The Morgan fingerprint density at radius 3 is 2.60 bits per heavy atom. The Kier molecular flexibility index (Phi) is 6.68. The Hall–Kier alpha value is -2.40. The van der Waals surface area contributed by atoms with Gasteiger partial charge in [0.05, 0.1) is 17.8 Å². The van der Waals surface area contributed by atoms with Crippen LogP contribution in [-0.4, -0.2) is 35.0 Å². The average molecular weight is 408 g/mol. The zero-order valence-corrected chi connectivity index (χ0v) is 18.1. The largest absolute Gasteiger partial charge is 0.491 e. The first kappa shape index (κ1) is 20.9. The molecule has 1 N–H and O–H groups in total. The van der Waals surface area contributed by atoms with Crippen molar-refractivity contribution in [3.05, 3.63) is 59.9 Å². The lowest BCUT2D eigenvalue weighted by atomic mass is 9.87. The van der Waals surface area contributed by atoms with Crippen LogP contribution in [0.4, 0.5) is 0 Å². The van der Waals surface area contributed by atoms with Crippen LogP contribution in [0.3, 0.4) is 0 Å². The fourth-order valence-electron chi connectivity index (χ4n) is 4.30. The van der Waals surface area contributed by atoms with Crippen molar-refractivity contribution in [1.82, 2.24) is 15.2 Å². The van der Waals surface area contributed by atoms with E-state index >= 15 is 0 Å². The number of carbonyl (C=O) groups excluding carboxylic acids is 1. The molecule has 1 saturated carbocycles. The summed E-state index contributed by atoms with van der Waals surface area (Å²) in [4.78, 5) is 19.6. The summed E-state index contributed by atoms with van der Waals surface area (Å²) in [7, 11) is 0. The zero-order valence-electron chi connectivity index (χ0n) is 18.1. The van der Waals surface area contributed by atoms with Crippen LogP contribution in [0.15, 0.2) is 48.7 Å². The van der Waals surface area contributed by atoms with E-state index in [9.17, 15) is 4.79 Å². The van der Waals surface area contributed by atoms with Gasteiger partial charge in [-0.3, -0.25) is 14.7 Å². The first-order chi connectivity index (χ1) is 14.6. The predicted molar refractivity (Wildman–Crippen MR) is 118 cm³/mol. The molecule has 2 aromatic rings. The molecule has 2 aliphatic rings. The van der Waals surface area contributed by atoms with Crippen LogP contribution < -0.4 is 10.1 Å². The molecule has 4 rings (SSSR count). The van der Waals surface area contributed by atoms with Gasteiger partial charge in [0.25, 0.3) is 0 Å². The average Bonchev–Trinajstić information content (AvgIpc) is 3.59. The van der Waals surface area contributed by atoms with E-state index in [1.54, 1.807) is 0 Å². The fourth-order valence-corrected chi connectivity index (χ4v) is 4.30. The Bertz CT molecular complexity index is 827. The van der Waals surface area contributed by atoms with Crippen molar-refractivity contribution < 1.29 is 9.53 Å². The molecule has 1 amide bonds. The maximum absolute atomic E-state index is 12.5. The molecule has 1 atom stereocenters. The number of likely N-dealkylation sites (tertiary alicyclic amines) is 1. The van der Waals surface area contributed by atoms with Crippen LogP contribution in [-0.2, 0) is 11.3 Å². The molecule has 0 spiro atoms. The highest BCUT2D eigenvalue weighted by molar-refractivity contribution is 5.81. The minimum Gasteiger partial charge on any atom is -0.491 e. The molecule has 160 valence electrons. The molecule has 1 saturated heterocycles. The van der Waals surface area contributed by atoms with E-state index in [-0.39, 0.29) is 24.0 Å². The maximum atomic E-state index is 12.5. The summed E-state index contributed by atoms with van der Waals surface area (Å²) in [6.07, 6.45) is 6.19. The number of pyridine rings is 1. The highest BCUT2D eigenvalue weighted by Gasteiger charge is 2.35. The number of aromatic nitrogens is 1. The molecular weight excluding hydrogens is 374 g/mol. The summed E-state index contributed by atoms with van der Waals surface area (Å²) in [5.74, 6) is 1.79. The number of nitrogens with zero attached hydrogens (tertiary/aromatic N) is 2. The number of benzene rings is 1. The van der Waals surface area contributed by atoms with Gasteiger partial charge in [-0.2, -0.15) is 0 Å². The SMILES string of the molecule is CC(C)Oc1cccc(CN2CCC(C(NC(=O)C3CC3)c3ccccn3)CC2)c1. The topological polar surface area (TPSA) is 54.5 Å². The van der Waals surface area contributed by atoms with E-state index in [1.165, 1.54) is 5.56 Å². The standard InChI is InChI=1S/C25H33N3O2/c1-18(2)30-22-7-5-6-19(16-22)17-28-14-11-20(12-15-28)24(23-8-3-4-13-26-23)27-25(29)21-9-10-21/h3-8,13,16,18,20-21,24H,9-12,14-15,17H2,1-2H3,(H,27,29). The summed E-state index contributed by atoms with van der Waals surface area (Å²) in [5, 5.41) is 3.32. The number of nitrogens with one attached hydrogen (secondary N) is 1. The lowest BCUT2D eigenvalue weighted by molar-refractivity contribution is -0.123. The van der Waals surface area contributed by atoms with E-state index in [2.05, 4.69) is 47.2 Å². The first-order valence-corrected chi connectivity index (χ1v) is 11.3. The highest BCUT2D eigenvalue weighted by Crippen LogP contribution is 2.34. The lowest BCUT2D eigenvalue weighted by Crippen LogP contribution is -2.41. The van der Waals surface area contributed by atoms with Crippen molar-refractivity contribution in [2.24, 2.45) is 11.8 Å². The Morgan fingerprint density at radius 1 is 1.13 bits per heavy atom. The van der Waals surface area contributed by atoms with Crippen molar-refractivity contribution >= 4 is 5.91 Å². The Morgan fingerprint density at radius 2 is 1.93 bits per heavy atom. The second-order valence-electron chi connectivity index (χ2n) is 8.94. The monoisotopic (exact) mass is 407 g/mol. The molecule has 5 nitrogen and oxygen atoms in total. The molecule has 30 heavy (non-hydrogen) atoms. The molecule has 1 aliphatic carbocycles. The van der Waals surface area contributed by atoms with Crippen molar-refractivity contribution in [2.75, 3.05) is 13.1 Å². The number of rotatable bonds is 8. The summed E-state index contributed by atoms with van der Waals surface area (Å²) in [5.41, 5.74) is 2.28. The molecule has 1 unspecified atom stereocenters. The van der Waals surface area contributed by atoms with Gasteiger partial charge in [-0.25, -0.2) is 0 Å². The van der Waals surface area contributed by atoms with Gasteiger partial charge in [-0.15, -0.1) is 0 Å². The Labute approximate surface area is 179 Å². The molecule has 1 aliphatic heterocycles. The molecule has 1 aromatic heterocycles. The van der Waals surface area contributed by atoms with Gasteiger partial charge in [-0.05, 0) is 88.4 Å². The van der Waals surface area contributed by atoms with Gasteiger partial charge in [0, 0.05) is 18.7 Å². The van der Waals surface area contributed by atoms with Crippen molar-refractivity contribution in [1.29, 1.82) is 0 Å². The van der Waals surface area contributed by atoms with Gasteiger partial charge in [0.1, 0.15) is 5.75 Å². The molecular formula is C25H33N3O2. The molecule has 1 aromatic carbocycles. The van der Waals surface area contributed by atoms with Gasteiger partial charge >= 0.3 is 0 Å². The minimum absolute atomic E-state index is 0.0178. The Balaban J connectivity index is 1.36. The van der Waals surface area contributed by atoms with Crippen molar-refractivity contribution in [2.45, 2.75) is 58.2 Å². The van der Waals surface area contributed by atoms with Gasteiger partial charge in [0.2, 0.25) is 5.91 Å². The van der Waals surface area contributed by atoms with E-state index < -0.39 is 0 Å². The first-order valence-electron chi connectivity index (χ1n) is 11.3. The lowest BCUT2D eigenvalue weighted by Gasteiger charge is -2.36. The van der Waals surface area contributed by atoms with Crippen LogP contribution in [0.5, 0.6) is 5.75 Å². The van der Waals surface area contributed by atoms with E-state index in [4.69, 9.17) is 4.74 Å². The second kappa shape index (κ2) is 9.61. The normalized spacial score (nSPS) is 18.9. The van der Waals surface area contributed by atoms with Crippen molar-refractivity contribution in [3.63, 3.8) is 0 Å². The molecule has 0 bridgehead atoms. The summed E-state index contributed by atoms with van der Waals surface area (Å²) >= 11 is 0. The highest BCUT2D eigenvalue weighted by atomic mass is 16.5. The van der Waals surface area contributed by atoms with Gasteiger partial charge < -0.3 is 10.1 Å². The van der Waals surface area contributed by atoms with E-state index in [0.717, 1.165) is 56.8 Å². The number of carbonyl (C=O) groups is 1. The number of hydrogen-bond acceptors (Lipinski definition) is 4. The third-order valence-electron chi connectivity index (χ3n) is 6.03. The van der Waals surface area contributed by atoms with Gasteiger partial charge in [-0.1, -0.05) is 18.2 Å². The quantitative estimate of drug-likeness (QED) is 0.707. The number of hydrogen-bond donors (Lipinski definition) is 1. The molecule has 0 radical (unpaired) electrons. The second-order valence-corrected chi connectivity index (χ2v) is 8.94. The summed E-state index contributed by atoms with van der Waals surface area (Å²) in [6, 6.07) is 14.4. The van der Waals surface area contributed by atoms with Crippen LogP contribution in [0.25, 0.3) is 0 Å². The van der Waals surface area contributed by atoms with E-state index in [0.29, 0.717) is 5.92 Å². The predicted octanol–water partition coefficient (Wildman–Crippen LogP) is 4.35. The van der Waals surface area contributed by atoms with Crippen LogP contribution in [0.2, 0.25) is 0 Å². The van der Waals surface area contributed by atoms with Crippen LogP contribution >= 0.6 is 0 Å². The zero-order chi connectivity index (χ0) is 20.9. The third kappa shape index (κ3) is 5.60. The maximum Gasteiger partial charge on any atom is 0.223 e. The van der Waals surface area contributed by atoms with E-state index in [1.807, 2.05) is 30.5 Å². The smallest absolute Gasteiger partial charge is 0.223 e.